The first-order chi connectivity index (χ1) is 8.62. The van der Waals surface area contributed by atoms with Crippen molar-refractivity contribution in [1.82, 2.24) is 13.9 Å². The highest BCUT2D eigenvalue weighted by molar-refractivity contribution is 7.86. The predicted molar refractivity (Wildman–Crippen MR) is 74.2 cm³/mol. The van der Waals surface area contributed by atoms with Crippen molar-refractivity contribution >= 4 is 10.2 Å². The highest BCUT2D eigenvalue weighted by atomic mass is 32.2. The molecule has 0 bridgehead atoms. The van der Waals surface area contributed by atoms with E-state index < -0.39 is 21.4 Å². The number of nitrogens with zero attached hydrogens (tertiary/aromatic N) is 2. The summed E-state index contributed by atoms with van der Waals surface area (Å²) in [5.74, 6) is 0. The molecular weight excluding hydrogens is 266 g/mol. The van der Waals surface area contributed by atoms with Crippen LogP contribution in [-0.2, 0) is 14.9 Å². The van der Waals surface area contributed by atoms with Crippen molar-refractivity contribution in [3.63, 3.8) is 0 Å². The van der Waals surface area contributed by atoms with E-state index in [4.69, 9.17) is 4.74 Å². The van der Waals surface area contributed by atoms with Crippen molar-refractivity contribution in [3.05, 3.63) is 0 Å². The third kappa shape index (κ3) is 3.46. The lowest BCUT2D eigenvalue weighted by Gasteiger charge is -2.47. The molecule has 2 saturated heterocycles. The van der Waals surface area contributed by atoms with Gasteiger partial charge < -0.3 is 10.1 Å². The van der Waals surface area contributed by atoms with Crippen molar-refractivity contribution < 1.29 is 13.2 Å². The number of nitrogens with one attached hydrogen (secondary N) is 1. The average molecular weight is 291 g/mol. The minimum Gasteiger partial charge on any atom is -0.367 e. The molecule has 19 heavy (non-hydrogen) atoms. The predicted octanol–water partition coefficient (Wildman–Crippen LogP) is 0.0258. The van der Waals surface area contributed by atoms with Crippen LogP contribution in [0.2, 0.25) is 0 Å². The van der Waals surface area contributed by atoms with Gasteiger partial charge in [0.1, 0.15) is 0 Å². The van der Waals surface area contributed by atoms with Crippen molar-refractivity contribution in [2.24, 2.45) is 0 Å². The molecule has 0 aromatic rings. The Balaban J connectivity index is 2.19. The van der Waals surface area contributed by atoms with Crippen LogP contribution in [0.3, 0.4) is 0 Å². The summed E-state index contributed by atoms with van der Waals surface area (Å²) in [5.41, 5.74) is -0.911. The van der Waals surface area contributed by atoms with Gasteiger partial charge in [-0.3, -0.25) is 0 Å². The molecule has 1 N–H and O–H groups in total. The van der Waals surface area contributed by atoms with E-state index in [2.05, 4.69) is 5.32 Å². The molecule has 2 aliphatic heterocycles. The quantitative estimate of drug-likeness (QED) is 0.779. The molecule has 0 saturated carbocycles. The van der Waals surface area contributed by atoms with Crippen molar-refractivity contribution in [3.8, 4) is 0 Å². The molecule has 2 heterocycles. The number of piperazine rings is 1. The van der Waals surface area contributed by atoms with E-state index >= 15 is 0 Å². The maximum atomic E-state index is 12.7. The zero-order valence-corrected chi connectivity index (χ0v) is 13.1. The Morgan fingerprint density at radius 3 is 1.89 bits per heavy atom. The van der Waals surface area contributed by atoms with Gasteiger partial charge in [-0.15, -0.1) is 0 Å². The van der Waals surface area contributed by atoms with Crippen molar-refractivity contribution in [2.45, 2.75) is 38.9 Å². The summed E-state index contributed by atoms with van der Waals surface area (Å²) in [4.78, 5) is 0. The lowest BCUT2D eigenvalue weighted by Crippen LogP contribution is -2.62. The van der Waals surface area contributed by atoms with Gasteiger partial charge in [0.05, 0.1) is 11.2 Å². The maximum Gasteiger partial charge on any atom is 0.282 e. The summed E-state index contributed by atoms with van der Waals surface area (Å²) >= 11 is 0. The summed E-state index contributed by atoms with van der Waals surface area (Å²) in [6, 6.07) is 0. The molecule has 0 spiro atoms. The fourth-order valence-electron chi connectivity index (χ4n) is 2.92. The Hall–Kier alpha value is -0.210. The third-order valence-electron chi connectivity index (χ3n) is 3.40. The molecule has 2 rings (SSSR count). The van der Waals surface area contributed by atoms with E-state index in [1.165, 1.54) is 0 Å². The highest BCUT2D eigenvalue weighted by Crippen LogP contribution is 2.30. The van der Waals surface area contributed by atoms with Crippen LogP contribution in [0.15, 0.2) is 0 Å². The number of rotatable bonds is 2. The first-order valence-corrected chi connectivity index (χ1v) is 8.18. The Labute approximate surface area is 116 Å². The molecular formula is C12H25N3O3S. The lowest BCUT2D eigenvalue weighted by molar-refractivity contribution is -0.164. The molecule has 2 aliphatic rings. The van der Waals surface area contributed by atoms with E-state index in [0.717, 1.165) is 13.1 Å². The van der Waals surface area contributed by atoms with Gasteiger partial charge in [-0.05, 0) is 27.7 Å². The molecule has 7 heteroatoms. The van der Waals surface area contributed by atoms with E-state index in [0.29, 0.717) is 26.2 Å². The molecule has 6 nitrogen and oxygen atoms in total. The van der Waals surface area contributed by atoms with Gasteiger partial charge in [0, 0.05) is 39.3 Å². The van der Waals surface area contributed by atoms with Crippen molar-refractivity contribution in [2.75, 3.05) is 39.3 Å². The van der Waals surface area contributed by atoms with E-state index in [1.54, 1.807) is 8.61 Å². The fourth-order valence-corrected chi connectivity index (χ4v) is 4.84. The molecule has 0 aromatic carbocycles. The van der Waals surface area contributed by atoms with Gasteiger partial charge >= 0.3 is 0 Å². The van der Waals surface area contributed by atoms with Gasteiger partial charge in [-0.1, -0.05) is 0 Å². The summed E-state index contributed by atoms with van der Waals surface area (Å²) in [6.07, 6.45) is 0. The SMILES string of the molecule is CC1(C)CN(S(=O)(=O)N2CCNCC2)CC(C)(C)O1. The second-order valence-corrected chi connectivity index (χ2v) is 8.47. The summed E-state index contributed by atoms with van der Waals surface area (Å²) in [5, 5.41) is 3.17. The second kappa shape index (κ2) is 4.96. The summed E-state index contributed by atoms with van der Waals surface area (Å²) in [7, 11) is -3.38. The second-order valence-electron chi connectivity index (χ2n) is 6.55. The van der Waals surface area contributed by atoms with Gasteiger partial charge in [0.25, 0.3) is 10.2 Å². The highest BCUT2D eigenvalue weighted by Gasteiger charge is 2.44. The molecule has 112 valence electrons. The van der Waals surface area contributed by atoms with Gasteiger partial charge in [-0.2, -0.15) is 17.0 Å². The smallest absolute Gasteiger partial charge is 0.282 e. The third-order valence-corrected chi connectivity index (χ3v) is 5.32. The Kier molecular flexibility index (Phi) is 3.97. The Morgan fingerprint density at radius 1 is 0.947 bits per heavy atom. The Morgan fingerprint density at radius 2 is 1.42 bits per heavy atom. The minimum atomic E-state index is -3.38. The molecule has 0 radical (unpaired) electrons. The standard InChI is InChI=1S/C12H25N3O3S/c1-11(2)9-15(10-12(3,4)18-11)19(16,17)14-7-5-13-6-8-14/h13H,5-10H2,1-4H3. The van der Waals surface area contributed by atoms with Crippen LogP contribution in [0, 0.1) is 0 Å². The maximum absolute atomic E-state index is 12.7. The summed E-state index contributed by atoms with van der Waals surface area (Å²) < 4.78 is 34.4. The molecule has 0 amide bonds. The first-order valence-electron chi connectivity index (χ1n) is 6.79. The lowest BCUT2D eigenvalue weighted by atomic mass is 10.0. The topological polar surface area (TPSA) is 61.9 Å². The normalized spacial score (nSPS) is 29.3. The van der Waals surface area contributed by atoms with Gasteiger partial charge in [0.15, 0.2) is 0 Å². The number of hydrogen-bond donors (Lipinski definition) is 1. The monoisotopic (exact) mass is 291 g/mol. The van der Waals surface area contributed by atoms with Gasteiger partial charge in [0.2, 0.25) is 0 Å². The number of hydrogen-bond acceptors (Lipinski definition) is 4. The van der Waals surface area contributed by atoms with E-state index in [9.17, 15) is 8.42 Å². The number of morpholine rings is 1. The van der Waals surface area contributed by atoms with Crippen LogP contribution in [0.1, 0.15) is 27.7 Å². The molecule has 0 aromatic heterocycles. The van der Waals surface area contributed by atoms with Crippen LogP contribution in [0.4, 0.5) is 0 Å². The van der Waals surface area contributed by atoms with Crippen LogP contribution in [0.5, 0.6) is 0 Å². The largest absolute Gasteiger partial charge is 0.367 e. The van der Waals surface area contributed by atoms with Crippen LogP contribution in [-0.4, -0.2) is 67.5 Å². The Bertz CT molecular complexity index is 412. The summed E-state index contributed by atoms with van der Waals surface area (Å²) in [6.45, 7) is 11.1. The zero-order chi connectivity index (χ0) is 14.3. The van der Waals surface area contributed by atoms with E-state index in [-0.39, 0.29) is 0 Å². The molecule has 0 atom stereocenters. The fraction of sp³-hybridized carbons (Fsp3) is 1.00. The zero-order valence-electron chi connectivity index (χ0n) is 12.3. The van der Waals surface area contributed by atoms with Crippen LogP contribution < -0.4 is 5.32 Å². The minimum absolute atomic E-state index is 0.405. The first kappa shape index (κ1) is 15.2. The van der Waals surface area contributed by atoms with Crippen LogP contribution >= 0.6 is 0 Å². The molecule has 0 aliphatic carbocycles. The van der Waals surface area contributed by atoms with Gasteiger partial charge in [-0.25, -0.2) is 0 Å². The molecule has 2 fully saturated rings. The average Bonchev–Trinajstić information content (AvgIpc) is 2.26. The van der Waals surface area contributed by atoms with E-state index in [1.807, 2.05) is 27.7 Å². The van der Waals surface area contributed by atoms with Crippen LogP contribution in [0.25, 0.3) is 0 Å². The molecule has 0 unspecified atom stereocenters. The van der Waals surface area contributed by atoms with Crippen molar-refractivity contribution in [1.29, 1.82) is 0 Å². The number of ether oxygens (including phenoxy) is 1.